The Bertz CT molecular complexity index is 698. The number of rotatable bonds is 1. The van der Waals surface area contributed by atoms with Gasteiger partial charge in [-0.05, 0) is 36.0 Å². The maximum absolute atomic E-state index is 12.4. The first kappa shape index (κ1) is 16.6. The molecule has 0 atom stereocenters. The molecule has 0 aliphatic carbocycles. The Hall–Kier alpha value is -2.30. The summed E-state index contributed by atoms with van der Waals surface area (Å²) in [7, 11) is 0. The van der Waals surface area contributed by atoms with Crippen LogP contribution in [0.5, 0.6) is 5.75 Å². The third kappa shape index (κ3) is 3.78. The molecule has 1 aromatic heterocycles. The standard InChI is InChI=1S/C19H25N3O2/c1-19(2,3)14-6-8-15(9-7-14)24-18(23)22-11-4-5-16-17(10-12-22)21-13-20-16/h6-9,13H,4-5,10-12H2,1-3H3,(H,20,21). The zero-order chi connectivity index (χ0) is 17.2. The highest BCUT2D eigenvalue weighted by Gasteiger charge is 2.20. The lowest BCUT2D eigenvalue weighted by atomic mass is 9.87. The average Bonchev–Trinajstić information content (AvgIpc) is 2.93. The summed E-state index contributed by atoms with van der Waals surface area (Å²) in [4.78, 5) is 21.7. The predicted molar refractivity (Wildman–Crippen MR) is 93.4 cm³/mol. The highest BCUT2D eigenvalue weighted by atomic mass is 16.6. The number of nitrogens with one attached hydrogen (secondary N) is 1. The molecule has 1 aliphatic heterocycles. The van der Waals surface area contributed by atoms with Crippen LogP contribution in [-0.2, 0) is 18.3 Å². The van der Waals surface area contributed by atoms with E-state index in [1.165, 1.54) is 11.3 Å². The number of aromatic nitrogens is 2. The maximum Gasteiger partial charge on any atom is 0.415 e. The van der Waals surface area contributed by atoms with Crippen LogP contribution in [0.3, 0.4) is 0 Å². The summed E-state index contributed by atoms with van der Waals surface area (Å²) in [6.07, 6.45) is 4.04. The van der Waals surface area contributed by atoms with Crippen molar-refractivity contribution < 1.29 is 9.53 Å². The van der Waals surface area contributed by atoms with Crippen LogP contribution in [0.4, 0.5) is 4.79 Å². The maximum atomic E-state index is 12.4. The van der Waals surface area contributed by atoms with Gasteiger partial charge in [0.25, 0.3) is 0 Å². The summed E-state index contributed by atoms with van der Waals surface area (Å²) in [6.45, 7) is 7.83. The fourth-order valence-electron chi connectivity index (χ4n) is 2.95. The van der Waals surface area contributed by atoms with Crippen molar-refractivity contribution in [3.63, 3.8) is 0 Å². The smallest absolute Gasteiger partial charge is 0.410 e. The van der Waals surface area contributed by atoms with Crippen molar-refractivity contribution in [2.24, 2.45) is 0 Å². The van der Waals surface area contributed by atoms with E-state index in [2.05, 4.69) is 30.7 Å². The molecule has 1 aliphatic rings. The third-order valence-corrected chi connectivity index (χ3v) is 4.46. The molecule has 0 unspecified atom stereocenters. The van der Waals surface area contributed by atoms with Crippen LogP contribution in [0.25, 0.3) is 0 Å². The van der Waals surface area contributed by atoms with Gasteiger partial charge in [-0.25, -0.2) is 9.78 Å². The van der Waals surface area contributed by atoms with Gasteiger partial charge in [0.1, 0.15) is 5.75 Å². The van der Waals surface area contributed by atoms with E-state index in [9.17, 15) is 4.79 Å². The first-order chi connectivity index (χ1) is 11.4. The molecule has 1 N–H and O–H groups in total. The van der Waals surface area contributed by atoms with Crippen molar-refractivity contribution in [1.29, 1.82) is 0 Å². The van der Waals surface area contributed by atoms with Crippen molar-refractivity contribution in [2.45, 2.75) is 45.4 Å². The van der Waals surface area contributed by atoms with E-state index in [0.717, 1.165) is 25.0 Å². The molecular weight excluding hydrogens is 302 g/mol. The zero-order valence-corrected chi connectivity index (χ0v) is 14.6. The fourth-order valence-corrected chi connectivity index (χ4v) is 2.95. The van der Waals surface area contributed by atoms with Crippen molar-refractivity contribution >= 4 is 6.09 Å². The molecule has 0 saturated heterocycles. The molecule has 0 saturated carbocycles. The van der Waals surface area contributed by atoms with Crippen LogP contribution in [0.2, 0.25) is 0 Å². The number of amides is 1. The lowest BCUT2D eigenvalue weighted by Crippen LogP contribution is -2.37. The lowest BCUT2D eigenvalue weighted by Gasteiger charge is -2.24. The molecule has 2 aromatic rings. The molecule has 0 fully saturated rings. The minimum absolute atomic E-state index is 0.0901. The van der Waals surface area contributed by atoms with Gasteiger partial charge in [0, 0.05) is 25.2 Å². The van der Waals surface area contributed by atoms with Gasteiger partial charge in [-0.1, -0.05) is 32.9 Å². The Kier molecular flexibility index (Phi) is 4.60. The Labute approximate surface area is 143 Å². The van der Waals surface area contributed by atoms with Gasteiger partial charge in [0.2, 0.25) is 0 Å². The first-order valence-electron chi connectivity index (χ1n) is 8.52. The van der Waals surface area contributed by atoms with E-state index in [1.807, 2.05) is 24.3 Å². The van der Waals surface area contributed by atoms with Crippen LogP contribution >= 0.6 is 0 Å². The summed E-state index contributed by atoms with van der Waals surface area (Å²) >= 11 is 0. The SMILES string of the molecule is CC(C)(C)c1ccc(OC(=O)N2CCCc3[nH]cnc3CC2)cc1. The molecule has 1 amide bonds. The predicted octanol–water partition coefficient (Wildman–Crippen LogP) is 3.70. The Morgan fingerprint density at radius 1 is 1.17 bits per heavy atom. The number of benzene rings is 1. The molecular formula is C19H25N3O2. The summed E-state index contributed by atoms with van der Waals surface area (Å²) in [6, 6.07) is 7.78. The topological polar surface area (TPSA) is 58.2 Å². The lowest BCUT2D eigenvalue weighted by molar-refractivity contribution is 0.151. The summed E-state index contributed by atoms with van der Waals surface area (Å²) in [5, 5.41) is 0. The molecule has 5 heteroatoms. The minimum atomic E-state index is -0.280. The molecule has 5 nitrogen and oxygen atoms in total. The van der Waals surface area contributed by atoms with Crippen molar-refractivity contribution in [3.05, 3.63) is 47.5 Å². The van der Waals surface area contributed by atoms with E-state index in [0.29, 0.717) is 18.8 Å². The van der Waals surface area contributed by atoms with E-state index in [-0.39, 0.29) is 11.5 Å². The molecule has 1 aromatic carbocycles. The number of hydrogen-bond acceptors (Lipinski definition) is 3. The van der Waals surface area contributed by atoms with Crippen LogP contribution in [0, 0.1) is 0 Å². The Morgan fingerprint density at radius 3 is 2.62 bits per heavy atom. The molecule has 3 rings (SSSR count). The van der Waals surface area contributed by atoms with Crippen molar-refractivity contribution in [2.75, 3.05) is 13.1 Å². The number of nitrogens with zero attached hydrogens (tertiary/aromatic N) is 2. The third-order valence-electron chi connectivity index (χ3n) is 4.46. The van der Waals surface area contributed by atoms with Crippen molar-refractivity contribution in [1.82, 2.24) is 14.9 Å². The highest BCUT2D eigenvalue weighted by Crippen LogP contribution is 2.24. The van der Waals surface area contributed by atoms with E-state index >= 15 is 0 Å². The number of aryl methyl sites for hydroxylation is 1. The van der Waals surface area contributed by atoms with E-state index in [4.69, 9.17) is 4.74 Å². The van der Waals surface area contributed by atoms with Gasteiger partial charge in [-0.3, -0.25) is 0 Å². The Morgan fingerprint density at radius 2 is 1.92 bits per heavy atom. The fraction of sp³-hybridized carbons (Fsp3) is 0.474. The monoisotopic (exact) mass is 327 g/mol. The number of carbonyl (C=O) groups is 1. The molecule has 128 valence electrons. The van der Waals surface area contributed by atoms with Gasteiger partial charge in [0.15, 0.2) is 0 Å². The Balaban J connectivity index is 1.62. The van der Waals surface area contributed by atoms with Gasteiger partial charge in [-0.15, -0.1) is 0 Å². The number of H-pyrrole nitrogens is 1. The van der Waals surface area contributed by atoms with Gasteiger partial charge >= 0.3 is 6.09 Å². The largest absolute Gasteiger partial charge is 0.415 e. The van der Waals surface area contributed by atoms with Crippen molar-refractivity contribution in [3.8, 4) is 5.75 Å². The number of imidazole rings is 1. The molecule has 0 radical (unpaired) electrons. The number of hydrogen-bond donors (Lipinski definition) is 1. The van der Waals surface area contributed by atoms with Gasteiger partial charge < -0.3 is 14.6 Å². The van der Waals surface area contributed by atoms with E-state index in [1.54, 1.807) is 11.2 Å². The number of carbonyl (C=O) groups excluding carboxylic acids is 1. The van der Waals surface area contributed by atoms with Crippen LogP contribution in [0.15, 0.2) is 30.6 Å². The molecule has 0 spiro atoms. The first-order valence-corrected chi connectivity index (χ1v) is 8.52. The minimum Gasteiger partial charge on any atom is -0.410 e. The second-order valence-electron chi connectivity index (χ2n) is 7.31. The highest BCUT2D eigenvalue weighted by molar-refractivity contribution is 5.70. The summed E-state index contributed by atoms with van der Waals surface area (Å²) in [5.41, 5.74) is 3.56. The van der Waals surface area contributed by atoms with Crippen LogP contribution < -0.4 is 4.74 Å². The van der Waals surface area contributed by atoms with Gasteiger partial charge in [-0.2, -0.15) is 0 Å². The molecule has 24 heavy (non-hydrogen) atoms. The molecule has 0 bridgehead atoms. The van der Waals surface area contributed by atoms with E-state index < -0.39 is 0 Å². The number of fused-ring (bicyclic) bond motifs is 1. The number of ether oxygens (including phenoxy) is 1. The average molecular weight is 327 g/mol. The summed E-state index contributed by atoms with van der Waals surface area (Å²) < 4.78 is 5.55. The zero-order valence-electron chi connectivity index (χ0n) is 14.6. The molecule has 2 heterocycles. The summed E-state index contributed by atoms with van der Waals surface area (Å²) in [5.74, 6) is 0.593. The quantitative estimate of drug-likeness (QED) is 0.869. The van der Waals surface area contributed by atoms with Gasteiger partial charge in [0.05, 0.1) is 12.0 Å². The number of aromatic amines is 1. The second-order valence-corrected chi connectivity index (χ2v) is 7.31. The van der Waals surface area contributed by atoms with Crippen LogP contribution in [-0.4, -0.2) is 34.1 Å². The second kappa shape index (κ2) is 6.67. The van der Waals surface area contributed by atoms with Crippen LogP contribution in [0.1, 0.15) is 44.1 Å². The normalized spacial score (nSPS) is 15.4.